The maximum Gasteiger partial charge on any atom is 0.227 e. The van der Waals surface area contributed by atoms with E-state index in [0.717, 1.165) is 29.0 Å². The van der Waals surface area contributed by atoms with Gasteiger partial charge in [-0.05, 0) is 49.8 Å². The summed E-state index contributed by atoms with van der Waals surface area (Å²) in [4.78, 5) is 29.0. The van der Waals surface area contributed by atoms with E-state index in [1.54, 1.807) is 11.3 Å². The highest BCUT2D eigenvalue weighted by atomic mass is 32.1. The Morgan fingerprint density at radius 3 is 2.57 bits per heavy atom. The number of nitrogens with one attached hydrogen (secondary N) is 1. The number of benzene rings is 1. The van der Waals surface area contributed by atoms with Gasteiger partial charge in [-0.1, -0.05) is 23.8 Å². The maximum absolute atomic E-state index is 13.2. The van der Waals surface area contributed by atoms with Crippen molar-refractivity contribution in [1.29, 1.82) is 0 Å². The highest BCUT2D eigenvalue weighted by Gasteiger charge is 2.42. The van der Waals surface area contributed by atoms with Gasteiger partial charge in [-0.3, -0.25) is 9.59 Å². The molecule has 2 amide bonds. The van der Waals surface area contributed by atoms with Gasteiger partial charge in [0.05, 0.1) is 12.0 Å². The molecule has 28 heavy (non-hydrogen) atoms. The Kier molecular flexibility index (Phi) is 5.78. The predicted molar refractivity (Wildman–Crippen MR) is 110 cm³/mol. The second-order valence-corrected chi connectivity index (χ2v) is 8.58. The summed E-state index contributed by atoms with van der Waals surface area (Å²) < 4.78 is 5.40. The number of hydrogen-bond donors (Lipinski definition) is 1. The van der Waals surface area contributed by atoms with E-state index in [0.29, 0.717) is 26.1 Å². The molecule has 2 aliphatic heterocycles. The standard InChI is InChI=1S/C22H26N2O3S/c1-15-4-6-17(7-5-15)24-20(25)9-8-18(21(24)19-3-2-14-28-19)22(26)23-16-10-12-27-13-11-16/h2-7,14,16,18,21H,8-13H2,1H3,(H,23,26). The van der Waals surface area contributed by atoms with Gasteiger partial charge in [0.2, 0.25) is 11.8 Å². The molecule has 2 unspecified atom stereocenters. The smallest absolute Gasteiger partial charge is 0.227 e. The van der Waals surface area contributed by atoms with E-state index >= 15 is 0 Å². The van der Waals surface area contributed by atoms with Crippen LogP contribution in [-0.2, 0) is 14.3 Å². The largest absolute Gasteiger partial charge is 0.381 e. The fraction of sp³-hybridized carbons (Fsp3) is 0.455. The Morgan fingerprint density at radius 1 is 1.14 bits per heavy atom. The summed E-state index contributed by atoms with van der Waals surface area (Å²) in [6, 6.07) is 11.9. The molecule has 2 aliphatic rings. The van der Waals surface area contributed by atoms with Gasteiger partial charge in [0.25, 0.3) is 0 Å². The van der Waals surface area contributed by atoms with Crippen LogP contribution >= 0.6 is 11.3 Å². The second-order valence-electron chi connectivity index (χ2n) is 7.60. The van der Waals surface area contributed by atoms with E-state index in [9.17, 15) is 9.59 Å². The highest BCUT2D eigenvalue weighted by molar-refractivity contribution is 7.10. The lowest BCUT2D eigenvalue weighted by atomic mass is 9.86. The molecule has 2 aromatic rings. The number of carbonyl (C=O) groups is 2. The average molecular weight is 399 g/mol. The van der Waals surface area contributed by atoms with Crippen LogP contribution in [0.15, 0.2) is 41.8 Å². The number of amides is 2. The summed E-state index contributed by atoms with van der Waals surface area (Å²) in [5, 5.41) is 5.23. The van der Waals surface area contributed by atoms with Gasteiger partial charge in [0.1, 0.15) is 0 Å². The van der Waals surface area contributed by atoms with Crippen LogP contribution in [0.2, 0.25) is 0 Å². The number of hydrogen-bond acceptors (Lipinski definition) is 4. The predicted octanol–water partition coefficient (Wildman–Crippen LogP) is 3.84. The van der Waals surface area contributed by atoms with Crippen molar-refractivity contribution in [1.82, 2.24) is 5.32 Å². The molecule has 0 spiro atoms. The van der Waals surface area contributed by atoms with Crippen LogP contribution < -0.4 is 10.2 Å². The van der Waals surface area contributed by atoms with Crippen molar-refractivity contribution in [2.24, 2.45) is 5.92 Å². The molecule has 0 aliphatic carbocycles. The van der Waals surface area contributed by atoms with Crippen molar-refractivity contribution < 1.29 is 14.3 Å². The van der Waals surface area contributed by atoms with Crippen molar-refractivity contribution >= 4 is 28.8 Å². The van der Waals surface area contributed by atoms with Crippen molar-refractivity contribution in [3.05, 3.63) is 52.2 Å². The third-order valence-electron chi connectivity index (χ3n) is 5.65. The number of rotatable bonds is 4. The Hall–Kier alpha value is -2.18. The van der Waals surface area contributed by atoms with E-state index in [1.807, 2.05) is 53.6 Å². The molecule has 3 heterocycles. The van der Waals surface area contributed by atoms with Gasteiger partial charge in [-0.15, -0.1) is 11.3 Å². The minimum atomic E-state index is -0.260. The van der Waals surface area contributed by atoms with Gasteiger partial charge in [-0.2, -0.15) is 0 Å². The molecule has 0 saturated carbocycles. The number of carbonyl (C=O) groups excluding carboxylic acids is 2. The molecule has 148 valence electrons. The van der Waals surface area contributed by atoms with Gasteiger partial charge in [0, 0.05) is 36.2 Å². The molecule has 5 nitrogen and oxygen atoms in total. The van der Waals surface area contributed by atoms with E-state index in [4.69, 9.17) is 4.74 Å². The molecule has 2 atom stereocenters. The van der Waals surface area contributed by atoms with Crippen LogP contribution in [0.25, 0.3) is 0 Å². The molecule has 1 aromatic carbocycles. The van der Waals surface area contributed by atoms with Crippen molar-refractivity contribution in [2.45, 2.75) is 44.7 Å². The molecule has 1 N–H and O–H groups in total. The summed E-state index contributed by atoms with van der Waals surface area (Å²) in [6.07, 6.45) is 2.67. The van der Waals surface area contributed by atoms with E-state index in [2.05, 4.69) is 5.32 Å². The molecule has 0 bridgehead atoms. The second kappa shape index (κ2) is 8.45. The lowest BCUT2D eigenvalue weighted by Crippen LogP contribution is -2.50. The third kappa shape index (κ3) is 3.98. The van der Waals surface area contributed by atoms with Gasteiger partial charge in [0.15, 0.2) is 0 Å². The number of anilines is 1. The fourth-order valence-corrected chi connectivity index (χ4v) is 4.99. The molecule has 4 rings (SSSR count). The first kappa shape index (κ1) is 19.2. The SMILES string of the molecule is Cc1ccc(N2C(=O)CCC(C(=O)NC3CCOCC3)C2c2cccs2)cc1. The lowest BCUT2D eigenvalue weighted by Gasteiger charge is -2.40. The first-order valence-electron chi connectivity index (χ1n) is 9.94. The van der Waals surface area contributed by atoms with E-state index in [1.165, 1.54) is 0 Å². The number of ether oxygens (including phenoxy) is 1. The van der Waals surface area contributed by atoms with Gasteiger partial charge >= 0.3 is 0 Å². The topological polar surface area (TPSA) is 58.6 Å². The number of thiophene rings is 1. The monoisotopic (exact) mass is 398 g/mol. The Morgan fingerprint density at radius 2 is 1.89 bits per heavy atom. The lowest BCUT2D eigenvalue weighted by molar-refractivity contribution is -0.130. The molecule has 1 aromatic heterocycles. The Bertz CT molecular complexity index is 813. The van der Waals surface area contributed by atoms with Crippen molar-refractivity contribution in [3.63, 3.8) is 0 Å². The normalized spacial score (nSPS) is 23.6. The van der Waals surface area contributed by atoms with Gasteiger partial charge in [-0.25, -0.2) is 0 Å². The first-order valence-corrected chi connectivity index (χ1v) is 10.8. The van der Waals surface area contributed by atoms with Crippen LogP contribution in [0, 0.1) is 12.8 Å². The van der Waals surface area contributed by atoms with Crippen LogP contribution in [0.5, 0.6) is 0 Å². The van der Waals surface area contributed by atoms with Crippen LogP contribution in [0.4, 0.5) is 5.69 Å². The zero-order valence-electron chi connectivity index (χ0n) is 16.1. The van der Waals surface area contributed by atoms with E-state index in [-0.39, 0.29) is 29.8 Å². The minimum absolute atomic E-state index is 0.0508. The highest BCUT2D eigenvalue weighted by Crippen LogP contribution is 2.41. The summed E-state index contributed by atoms with van der Waals surface area (Å²) in [5.41, 5.74) is 2.01. The number of nitrogens with zero attached hydrogens (tertiary/aromatic N) is 1. The number of aryl methyl sites for hydroxylation is 1. The summed E-state index contributed by atoms with van der Waals surface area (Å²) in [5.74, 6) is -0.118. The zero-order chi connectivity index (χ0) is 19.5. The molecular formula is C22H26N2O3S. The molecule has 2 saturated heterocycles. The third-order valence-corrected chi connectivity index (χ3v) is 6.59. The quantitative estimate of drug-likeness (QED) is 0.851. The van der Waals surface area contributed by atoms with Crippen molar-refractivity contribution in [2.75, 3.05) is 18.1 Å². The van der Waals surface area contributed by atoms with Crippen molar-refractivity contribution in [3.8, 4) is 0 Å². The Balaban J connectivity index is 1.64. The fourth-order valence-electron chi connectivity index (χ4n) is 4.11. The minimum Gasteiger partial charge on any atom is -0.381 e. The van der Waals surface area contributed by atoms with Crippen LogP contribution in [0.1, 0.15) is 42.2 Å². The van der Waals surface area contributed by atoms with Gasteiger partial charge < -0.3 is 15.0 Å². The Labute approximate surface area is 169 Å². The maximum atomic E-state index is 13.2. The van der Waals surface area contributed by atoms with Crippen LogP contribution in [-0.4, -0.2) is 31.1 Å². The average Bonchev–Trinajstić information content (AvgIpc) is 3.24. The number of piperidine rings is 1. The summed E-state index contributed by atoms with van der Waals surface area (Å²) in [7, 11) is 0. The van der Waals surface area contributed by atoms with E-state index < -0.39 is 0 Å². The molecule has 2 fully saturated rings. The summed E-state index contributed by atoms with van der Waals surface area (Å²) >= 11 is 1.61. The molecular weight excluding hydrogens is 372 g/mol. The summed E-state index contributed by atoms with van der Waals surface area (Å²) in [6.45, 7) is 3.42. The first-order chi connectivity index (χ1) is 13.6. The van der Waals surface area contributed by atoms with Crippen LogP contribution in [0.3, 0.4) is 0 Å². The zero-order valence-corrected chi connectivity index (χ0v) is 16.9. The molecule has 6 heteroatoms. The molecule has 0 radical (unpaired) electrons.